The maximum atomic E-state index is 12.2. The lowest BCUT2D eigenvalue weighted by atomic mass is 10.2. The highest BCUT2D eigenvalue weighted by molar-refractivity contribution is 9.10. The number of hydrogen-bond donors (Lipinski definition) is 2. The largest absolute Gasteiger partial charge is 0.495 e. The molecule has 0 amide bonds. The summed E-state index contributed by atoms with van der Waals surface area (Å²) in [4.78, 5) is 0. The first-order valence-electron chi connectivity index (χ1n) is 6.09. The summed E-state index contributed by atoms with van der Waals surface area (Å²) in [5.74, 6) is 0.602. The second-order valence-electron chi connectivity index (χ2n) is 4.45. The van der Waals surface area contributed by atoms with Gasteiger partial charge in [-0.15, -0.1) is 0 Å². The van der Waals surface area contributed by atoms with Crippen LogP contribution in [0.1, 0.15) is 12.8 Å². The first kappa shape index (κ1) is 14.6. The van der Waals surface area contributed by atoms with Crippen LogP contribution < -0.4 is 14.8 Å². The standard InChI is InChI=1S/C12H17BrN2O3S/c1-18-12-8-9(2-3-11(12)13)15-19(16,17)10-4-6-14-7-5-10/h2-3,8,10,14-15H,4-7H2,1H3. The minimum Gasteiger partial charge on any atom is -0.495 e. The molecule has 7 heteroatoms. The summed E-state index contributed by atoms with van der Waals surface area (Å²) in [6.45, 7) is 1.49. The normalized spacial score (nSPS) is 17.2. The van der Waals surface area contributed by atoms with Gasteiger partial charge in [-0.3, -0.25) is 4.72 Å². The van der Waals surface area contributed by atoms with E-state index in [-0.39, 0.29) is 5.25 Å². The van der Waals surface area contributed by atoms with E-state index in [0.29, 0.717) is 24.3 Å². The molecular formula is C12H17BrN2O3S. The van der Waals surface area contributed by atoms with E-state index in [1.54, 1.807) is 25.3 Å². The average Bonchev–Trinajstić information content (AvgIpc) is 2.42. The van der Waals surface area contributed by atoms with E-state index in [1.165, 1.54) is 0 Å². The van der Waals surface area contributed by atoms with Gasteiger partial charge in [-0.2, -0.15) is 0 Å². The molecule has 5 nitrogen and oxygen atoms in total. The van der Waals surface area contributed by atoms with Crippen LogP contribution in [0.2, 0.25) is 0 Å². The summed E-state index contributed by atoms with van der Waals surface area (Å²) in [5, 5.41) is 2.83. The van der Waals surface area contributed by atoms with Crippen molar-refractivity contribution < 1.29 is 13.2 Å². The number of benzene rings is 1. The Morgan fingerprint density at radius 1 is 1.37 bits per heavy atom. The van der Waals surface area contributed by atoms with Gasteiger partial charge in [0.05, 0.1) is 22.5 Å². The maximum absolute atomic E-state index is 12.2. The molecular weight excluding hydrogens is 332 g/mol. The number of ether oxygens (including phenoxy) is 1. The molecule has 0 saturated carbocycles. The third-order valence-corrected chi connectivity index (χ3v) is 5.66. The Hall–Kier alpha value is -0.790. The smallest absolute Gasteiger partial charge is 0.235 e. The summed E-state index contributed by atoms with van der Waals surface area (Å²) in [6, 6.07) is 5.15. The molecule has 0 aromatic heterocycles. The fourth-order valence-corrected chi connectivity index (χ4v) is 3.96. The topological polar surface area (TPSA) is 67.4 Å². The predicted molar refractivity (Wildman–Crippen MR) is 79.1 cm³/mol. The molecule has 2 rings (SSSR count). The van der Waals surface area contributed by atoms with Crippen LogP contribution in [0.25, 0.3) is 0 Å². The molecule has 1 aliphatic heterocycles. The lowest BCUT2D eigenvalue weighted by Gasteiger charge is -2.23. The van der Waals surface area contributed by atoms with Gasteiger partial charge in [0, 0.05) is 6.07 Å². The fourth-order valence-electron chi connectivity index (χ4n) is 2.08. The molecule has 0 aliphatic carbocycles. The second-order valence-corrected chi connectivity index (χ2v) is 7.26. The lowest BCUT2D eigenvalue weighted by molar-refractivity contribution is 0.412. The van der Waals surface area contributed by atoms with E-state index >= 15 is 0 Å². The number of nitrogens with one attached hydrogen (secondary N) is 2. The Labute approximate surface area is 121 Å². The molecule has 1 fully saturated rings. The minimum atomic E-state index is -3.34. The highest BCUT2D eigenvalue weighted by Crippen LogP contribution is 2.29. The molecule has 1 aromatic rings. The van der Waals surface area contributed by atoms with Gasteiger partial charge in [0.1, 0.15) is 5.75 Å². The van der Waals surface area contributed by atoms with Crippen molar-refractivity contribution in [1.82, 2.24) is 5.32 Å². The molecule has 0 spiro atoms. The third-order valence-electron chi connectivity index (χ3n) is 3.14. The van der Waals surface area contributed by atoms with Crippen molar-refractivity contribution in [2.75, 3.05) is 24.9 Å². The summed E-state index contributed by atoms with van der Waals surface area (Å²) < 4.78 is 33.1. The lowest BCUT2D eigenvalue weighted by Crippen LogP contribution is -2.38. The molecule has 0 unspecified atom stereocenters. The predicted octanol–water partition coefficient (Wildman–Crippen LogP) is 1.95. The van der Waals surface area contributed by atoms with Crippen LogP contribution in [0, 0.1) is 0 Å². The number of piperidine rings is 1. The van der Waals surface area contributed by atoms with Crippen molar-refractivity contribution in [2.45, 2.75) is 18.1 Å². The Kier molecular flexibility index (Phi) is 4.70. The van der Waals surface area contributed by atoms with Crippen molar-refractivity contribution in [2.24, 2.45) is 0 Å². The van der Waals surface area contributed by atoms with Crippen molar-refractivity contribution in [3.05, 3.63) is 22.7 Å². The van der Waals surface area contributed by atoms with Crippen molar-refractivity contribution in [1.29, 1.82) is 0 Å². The third kappa shape index (κ3) is 3.61. The zero-order valence-corrected chi connectivity index (χ0v) is 13.1. The SMILES string of the molecule is COc1cc(NS(=O)(=O)C2CCNCC2)ccc1Br. The van der Waals surface area contributed by atoms with E-state index in [9.17, 15) is 8.42 Å². The summed E-state index contributed by atoms with van der Waals surface area (Å²) >= 11 is 3.34. The molecule has 1 aromatic carbocycles. The Morgan fingerprint density at radius 3 is 2.68 bits per heavy atom. The number of halogens is 1. The highest BCUT2D eigenvalue weighted by Gasteiger charge is 2.27. The quantitative estimate of drug-likeness (QED) is 0.872. The van der Waals surface area contributed by atoms with E-state index in [4.69, 9.17) is 4.74 Å². The number of sulfonamides is 1. The molecule has 106 valence electrons. The first-order chi connectivity index (χ1) is 9.03. The van der Waals surface area contributed by atoms with Gasteiger partial charge in [-0.1, -0.05) is 0 Å². The second kappa shape index (κ2) is 6.11. The van der Waals surface area contributed by atoms with Gasteiger partial charge in [0.25, 0.3) is 0 Å². The molecule has 0 bridgehead atoms. The number of hydrogen-bond acceptors (Lipinski definition) is 4. The summed E-state index contributed by atoms with van der Waals surface area (Å²) in [6.07, 6.45) is 1.28. The van der Waals surface area contributed by atoms with Crippen molar-refractivity contribution >= 4 is 31.6 Å². The highest BCUT2D eigenvalue weighted by atomic mass is 79.9. The molecule has 19 heavy (non-hydrogen) atoms. The molecule has 1 heterocycles. The van der Waals surface area contributed by atoms with Crippen LogP contribution >= 0.6 is 15.9 Å². The van der Waals surface area contributed by atoms with Crippen LogP contribution in [0.15, 0.2) is 22.7 Å². The molecule has 1 saturated heterocycles. The Balaban J connectivity index is 2.15. The zero-order valence-electron chi connectivity index (χ0n) is 10.6. The van der Waals surface area contributed by atoms with E-state index in [1.807, 2.05) is 0 Å². The van der Waals surface area contributed by atoms with E-state index in [2.05, 4.69) is 26.0 Å². The van der Waals surface area contributed by atoms with Gasteiger partial charge < -0.3 is 10.1 Å². The fraction of sp³-hybridized carbons (Fsp3) is 0.500. The molecule has 2 N–H and O–H groups in total. The molecule has 1 aliphatic rings. The molecule has 0 radical (unpaired) electrons. The van der Waals surface area contributed by atoms with E-state index < -0.39 is 10.0 Å². The first-order valence-corrected chi connectivity index (χ1v) is 8.43. The van der Waals surface area contributed by atoms with Crippen LogP contribution in [-0.2, 0) is 10.0 Å². The summed E-state index contributed by atoms with van der Waals surface area (Å²) in [7, 11) is -1.79. The van der Waals surface area contributed by atoms with Gasteiger partial charge in [0.15, 0.2) is 0 Å². The monoisotopic (exact) mass is 348 g/mol. The van der Waals surface area contributed by atoms with Crippen LogP contribution in [-0.4, -0.2) is 33.9 Å². The van der Waals surface area contributed by atoms with Gasteiger partial charge >= 0.3 is 0 Å². The number of methoxy groups -OCH3 is 1. The van der Waals surface area contributed by atoms with Crippen LogP contribution in [0.3, 0.4) is 0 Å². The number of rotatable bonds is 4. The van der Waals surface area contributed by atoms with Crippen molar-refractivity contribution in [3.8, 4) is 5.75 Å². The van der Waals surface area contributed by atoms with Gasteiger partial charge in [-0.05, 0) is 54.0 Å². The summed E-state index contributed by atoms with van der Waals surface area (Å²) in [5.41, 5.74) is 0.526. The number of anilines is 1. The van der Waals surface area contributed by atoms with E-state index in [0.717, 1.165) is 17.6 Å². The Bertz CT molecular complexity index is 542. The zero-order chi connectivity index (χ0) is 13.9. The van der Waals surface area contributed by atoms with Gasteiger partial charge in [-0.25, -0.2) is 8.42 Å². The Morgan fingerprint density at radius 2 is 2.05 bits per heavy atom. The maximum Gasteiger partial charge on any atom is 0.235 e. The average molecular weight is 349 g/mol. The molecule has 0 atom stereocenters. The van der Waals surface area contributed by atoms with Crippen molar-refractivity contribution in [3.63, 3.8) is 0 Å². The van der Waals surface area contributed by atoms with Crippen LogP contribution in [0.4, 0.5) is 5.69 Å². The minimum absolute atomic E-state index is 0.330. The van der Waals surface area contributed by atoms with Crippen LogP contribution in [0.5, 0.6) is 5.75 Å². The van der Waals surface area contributed by atoms with Gasteiger partial charge in [0.2, 0.25) is 10.0 Å².